The number of hydrogen-bond acceptors (Lipinski definition) is 2. The largest absolute Gasteiger partial charge is 0.458 e. The van der Waals surface area contributed by atoms with Gasteiger partial charge >= 0.3 is 0 Å². The number of anilines is 3. The van der Waals surface area contributed by atoms with Crippen molar-refractivity contribution in [2.24, 2.45) is 0 Å². The van der Waals surface area contributed by atoms with Crippen LogP contribution in [-0.4, -0.2) is 11.3 Å². The molecule has 0 bridgehead atoms. The van der Waals surface area contributed by atoms with E-state index in [1.807, 2.05) is 36.4 Å². The summed E-state index contributed by atoms with van der Waals surface area (Å²) >= 11 is 0. The summed E-state index contributed by atoms with van der Waals surface area (Å²) in [5.74, 6) is 1.42. The van der Waals surface area contributed by atoms with E-state index in [-0.39, 0.29) is 32.8 Å². The van der Waals surface area contributed by atoms with E-state index in [2.05, 4.69) is 244 Å². The van der Waals surface area contributed by atoms with Gasteiger partial charge in [-0.05, 0) is 182 Å². The zero-order chi connectivity index (χ0) is 72.8. The number of rotatable bonds is 7. The number of benzene rings is 12. The molecule has 1 aromatic heterocycles. The average Bonchev–Trinajstić information content (AvgIpc) is 1.67. The molecule has 0 saturated carbocycles. The summed E-state index contributed by atoms with van der Waals surface area (Å²) in [6, 6.07) is 64.8. The molecule has 1 aliphatic carbocycles. The molecule has 3 aliphatic rings. The van der Waals surface area contributed by atoms with Gasteiger partial charge in [0.1, 0.15) is 11.5 Å². The first-order valence-corrected chi connectivity index (χ1v) is 32.5. The van der Waals surface area contributed by atoms with E-state index in [1.54, 1.807) is 12.1 Å². The summed E-state index contributed by atoms with van der Waals surface area (Å²) in [7, 11) is 0. The van der Waals surface area contributed by atoms with E-state index in [9.17, 15) is 11.0 Å². The van der Waals surface area contributed by atoms with Gasteiger partial charge in [0, 0.05) is 39.5 Å². The molecule has 0 saturated heterocycles. The third-order valence-corrected chi connectivity index (χ3v) is 19.9. The Hall–Kier alpha value is -9.90. The van der Waals surface area contributed by atoms with Gasteiger partial charge in [-0.15, -0.1) is 0 Å². The maximum Gasteiger partial charge on any atom is 0.256 e. The molecule has 0 unspecified atom stereocenters. The second-order valence-corrected chi connectivity index (χ2v) is 29.8. The smallest absolute Gasteiger partial charge is 0.256 e. The molecule has 0 spiro atoms. The summed E-state index contributed by atoms with van der Waals surface area (Å²) < 4.78 is 105. The summed E-state index contributed by atoms with van der Waals surface area (Å²) in [6.45, 7) is 26.5. The van der Waals surface area contributed by atoms with Gasteiger partial charge in [0.2, 0.25) is 0 Å². The third kappa shape index (κ3) is 9.29. The van der Waals surface area contributed by atoms with Crippen molar-refractivity contribution in [3.8, 4) is 61.7 Å². The number of hydrogen-bond donors (Lipinski definition) is 0. The summed E-state index contributed by atoms with van der Waals surface area (Å²) in [4.78, 5) is 2.38. The van der Waals surface area contributed by atoms with Crippen LogP contribution in [0.15, 0.2) is 261 Å². The second-order valence-electron chi connectivity index (χ2n) is 29.8. The predicted octanol–water partition coefficient (Wildman–Crippen LogP) is 21.7. The molecule has 0 amide bonds. The van der Waals surface area contributed by atoms with Crippen molar-refractivity contribution < 1.29 is 18.4 Å². The van der Waals surface area contributed by atoms with Crippen LogP contribution in [-0.2, 0) is 27.1 Å². The van der Waals surface area contributed by atoms with Gasteiger partial charge in [0.25, 0.3) is 6.71 Å². The summed E-state index contributed by atoms with van der Waals surface area (Å²) in [6.07, 6.45) is 0. The molecule has 0 N–H and O–H groups in total. The zero-order valence-electron chi connectivity index (χ0n) is 64.9. The first-order chi connectivity index (χ1) is 48.8. The lowest BCUT2D eigenvalue weighted by Crippen LogP contribution is -2.59. The van der Waals surface area contributed by atoms with E-state index in [0.717, 1.165) is 78.0 Å². The van der Waals surface area contributed by atoms with Crippen LogP contribution in [0, 0.1) is 0 Å². The Morgan fingerprint density at radius 3 is 1.58 bits per heavy atom. The quantitative estimate of drug-likeness (QED) is 0.148. The highest BCUT2D eigenvalue weighted by molar-refractivity contribution is 6.99. The van der Waals surface area contributed by atoms with E-state index in [0.29, 0.717) is 44.9 Å². The van der Waals surface area contributed by atoms with Crippen molar-refractivity contribution in [1.82, 2.24) is 4.57 Å². The molecule has 0 atom stereocenters. The predicted molar refractivity (Wildman–Crippen MR) is 395 cm³/mol. The summed E-state index contributed by atoms with van der Waals surface area (Å²) in [5.41, 5.74) is 17.6. The van der Waals surface area contributed by atoms with Crippen LogP contribution >= 0.6 is 0 Å². The molecular weight excluding hydrogens is 1120 g/mol. The van der Waals surface area contributed by atoms with Crippen molar-refractivity contribution >= 4 is 62.0 Å². The van der Waals surface area contributed by atoms with Gasteiger partial charge in [-0.2, -0.15) is 0 Å². The van der Waals surface area contributed by atoms with Crippen LogP contribution in [0.25, 0.3) is 72.0 Å². The van der Waals surface area contributed by atoms with Crippen molar-refractivity contribution in [3.05, 3.63) is 305 Å². The van der Waals surface area contributed by atoms with Crippen LogP contribution in [0.5, 0.6) is 11.5 Å². The minimum absolute atomic E-state index is 0.0887. The lowest BCUT2D eigenvalue weighted by Gasteiger charge is -2.41. The van der Waals surface area contributed by atoms with Gasteiger partial charge < -0.3 is 14.2 Å². The van der Waals surface area contributed by atoms with Crippen LogP contribution < -0.4 is 26.0 Å². The Balaban J connectivity index is 1.02. The zero-order valence-corrected chi connectivity index (χ0v) is 54.9. The molecule has 16 rings (SSSR count). The van der Waals surface area contributed by atoms with Gasteiger partial charge in [-0.1, -0.05) is 277 Å². The topological polar surface area (TPSA) is 17.4 Å². The standard InChI is InChI=1S/C89H79BN2O/c1-85(2,3)62-33-24-28-57(48-62)59-50-80-84-82(51-59)93-81-55-66(91-77-46-40-64(87(7,8)9)53-71(77)72-54-65(88(10,11)12)41-47-78(72)91)42-44-75(81)90(84)74-43-38-58(49-79(74)92(80)76-45-39-63(86(4,5)6)52-70(76)56-26-16-13-17-27-56)67-35-25-36-69-68-34-22-23-37-73(68)89(83(67)69,60-29-18-14-19-30-60)61-31-20-15-21-32-61/h13-55H,1-12H3/i14D,15D,18D,19D,20D,21D,29D,30D,31D,32D. The molecule has 3 nitrogen and oxygen atoms in total. The van der Waals surface area contributed by atoms with Crippen molar-refractivity contribution in [2.75, 3.05) is 4.90 Å². The lowest BCUT2D eigenvalue weighted by molar-refractivity contribution is 0.487. The molecule has 2 aliphatic heterocycles. The fraction of sp³-hybridized carbons (Fsp3) is 0.191. The first kappa shape index (κ1) is 47.9. The van der Waals surface area contributed by atoms with E-state index in [4.69, 9.17) is 7.48 Å². The van der Waals surface area contributed by atoms with Gasteiger partial charge in [-0.3, -0.25) is 0 Å². The van der Waals surface area contributed by atoms with Crippen molar-refractivity contribution in [3.63, 3.8) is 0 Å². The van der Waals surface area contributed by atoms with E-state index in [1.165, 1.54) is 27.5 Å². The normalized spacial score (nSPS) is 15.4. The minimum Gasteiger partial charge on any atom is -0.458 e. The first-order valence-electron chi connectivity index (χ1n) is 37.5. The van der Waals surface area contributed by atoms with Crippen LogP contribution in [0.3, 0.4) is 0 Å². The molecule has 13 aromatic rings. The molecule has 93 heavy (non-hydrogen) atoms. The number of nitrogens with zero attached hydrogens (tertiary/aromatic N) is 2. The molecule has 4 heteroatoms. The van der Waals surface area contributed by atoms with Gasteiger partial charge in [0.15, 0.2) is 0 Å². The van der Waals surface area contributed by atoms with E-state index >= 15 is 0 Å². The maximum absolute atomic E-state index is 9.97. The number of ether oxygens (including phenoxy) is 1. The Morgan fingerprint density at radius 2 is 0.925 bits per heavy atom. The SMILES string of the molecule is [2H]c1c([2H])c([2H])c(C2(c3c([2H])c([2H])c([2H])c([2H])c3[2H])c3ccccc3-c3cccc(-c4ccc5c(c4)N(c4ccc(C(C)(C)C)cc4-c4ccccc4)c4cc(-c6cccc(C(C)(C)C)c6)cc6c4B5c4ccc(-n5c7ccc(C(C)(C)C)cc7c7cc(C(C)(C)C)ccc75)cc4O6)c32)c([2H])c1[2H]. The number of aromatic nitrogens is 1. The van der Waals surface area contributed by atoms with Gasteiger partial charge in [-0.25, -0.2) is 0 Å². The maximum atomic E-state index is 9.97. The van der Waals surface area contributed by atoms with Crippen molar-refractivity contribution in [1.29, 1.82) is 0 Å². The van der Waals surface area contributed by atoms with Crippen LogP contribution in [0.2, 0.25) is 0 Å². The van der Waals surface area contributed by atoms with Crippen LogP contribution in [0.4, 0.5) is 17.1 Å². The highest BCUT2D eigenvalue weighted by atomic mass is 16.5. The third-order valence-electron chi connectivity index (χ3n) is 19.9. The second kappa shape index (κ2) is 21.1. The summed E-state index contributed by atoms with van der Waals surface area (Å²) in [5, 5.41) is 2.36. The Kier molecular flexibility index (Phi) is 10.9. The minimum atomic E-state index is -2.10. The Morgan fingerprint density at radius 1 is 0.376 bits per heavy atom. The van der Waals surface area contributed by atoms with Crippen molar-refractivity contribution in [2.45, 2.75) is 110 Å². The Bertz CT molecular complexity index is 5610. The molecule has 12 aromatic carbocycles. The highest BCUT2D eigenvalue weighted by Crippen LogP contribution is 2.59. The Labute approximate surface area is 564 Å². The fourth-order valence-electron chi connectivity index (χ4n) is 15.0. The highest BCUT2D eigenvalue weighted by Gasteiger charge is 2.49. The number of fused-ring (bicyclic) bond motifs is 10. The molecule has 3 heterocycles. The molecular formula is C89H79BN2O. The fourth-order valence-corrected chi connectivity index (χ4v) is 15.0. The average molecular weight is 1210 g/mol. The lowest BCUT2D eigenvalue weighted by atomic mass is 9.34. The van der Waals surface area contributed by atoms with E-state index < -0.39 is 72.6 Å². The monoisotopic (exact) mass is 1210 g/mol. The van der Waals surface area contributed by atoms with Gasteiger partial charge in [0.05, 0.1) is 35.8 Å². The molecule has 454 valence electrons. The molecule has 0 radical (unpaired) electrons. The van der Waals surface area contributed by atoms with Crippen LogP contribution in [0.1, 0.15) is 141 Å². The molecule has 0 fully saturated rings.